The first-order valence-corrected chi connectivity index (χ1v) is 7.73. The number of aromatic nitrogens is 3. The summed E-state index contributed by atoms with van der Waals surface area (Å²) in [4.78, 5) is 37.5. The zero-order chi connectivity index (χ0) is 16.5. The van der Waals surface area contributed by atoms with Gasteiger partial charge in [-0.25, -0.2) is 4.98 Å². The second kappa shape index (κ2) is 5.76. The van der Waals surface area contributed by atoms with Crippen LogP contribution in [-0.4, -0.2) is 36.9 Å². The highest BCUT2D eigenvalue weighted by Crippen LogP contribution is 2.54. The van der Waals surface area contributed by atoms with Crippen molar-refractivity contribution in [1.82, 2.24) is 20.3 Å². The van der Waals surface area contributed by atoms with Gasteiger partial charge in [-0.05, 0) is 0 Å². The summed E-state index contributed by atoms with van der Waals surface area (Å²) in [5.74, 6) is -0.0774. The van der Waals surface area contributed by atoms with Gasteiger partial charge in [0.25, 0.3) is 5.56 Å². The Kier molecular flexibility index (Phi) is 4.34. The molecule has 2 heterocycles. The lowest BCUT2D eigenvalue weighted by Crippen LogP contribution is -2.25. The van der Waals surface area contributed by atoms with Gasteiger partial charge in [-0.3, -0.25) is 14.3 Å². The summed E-state index contributed by atoms with van der Waals surface area (Å²) in [5, 5.41) is 2.61. The highest BCUT2D eigenvalue weighted by molar-refractivity contribution is 7.53. The van der Waals surface area contributed by atoms with Gasteiger partial charge in [0.15, 0.2) is 0 Å². The summed E-state index contributed by atoms with van der Waals surface area (Å²) in [6, 6.07) is 0. The fraction of sp³-hybridized carbons (Fsp3) is 0.400. The van der Waals surface area contributed by atoms with Gasteiger partial charge in [0.1, 0.15) is 11.0 Å². The van der Waals surface area contributed by atoms with E-state index in [4.69, 9.17) is 15.5 Å². The topological polar surface area (TPSA) is 157 Å². The maximum atomic E-state index is 13.1. The van der Waals surface area contributed by atoms with E-state index in [-0.39, 0.29) is 24.6 Å². The molecule has 0 amide bonds. The van der Waals surface area contributed by atoms with Crippen LogP contribution in [0.5, 0.6) is 0 Å². The maximum absolute atomic E-state index is 13.1. The molecule has 0 atom stereocenters. The molecule has 9 nitrogen and oxygen atoms in total. The van der Waals surface area contributed by atoms with E-state index < -0.39 is 25.2 Å². The molecule has 0 aliphatic rings. The number of aromatic amines is 2. The second-order valence-electron chi connectivity index (χ2n) is 4.63. The van der Waals surface area contributed by atoms with Gasteiger partial charge in [-0.2, -0.15) is 8.78 Å². The number of nitrogens with one attached hydrogen (secondary N) is 3. The Hall–Kier alpha value is -1.81. The van der Waals surface area contributed by atoms with Gasteiger partial charge in [-0.15, -0.1) is 0 Å². The first-order chi connectivity index (χ1) is 10.1. The first-order valence-electron chi connectivity index (χ1n) is 6.12. The largest absolute Gasteiger partial charge is 0.394 e. The van der Waals surface area contributed by atoms with Gasteiger partial charge in [0, 0.05) is 31.3 Å². The normalized spacial score (nSPS) is 12.9. The minimum absolute atomic E-state index is 0.0765. The number of hydrogen-bond acceptors (Lipinski definition) is 5. The molecule has 122 valence electrons. The number of nitrogens with two attached hydrogens (primary N) is 1. The zero-order valence-electron chi connectivity index (χ0n) is 11.1. The molecular weight excluding hydrogens is 323 g/mol. The Morgan fingerprint density at radius 2 is 2.14 bits per heavy atom. The van der Waals surface area contributed by atoms with Crippen molar-refractivity contribution in [2.45, 2.75) is 18.6 Å². The third-order valence-electron chi connectivity index (χ3n) is 2.98. The van der Waals surface area contributed by atoms with Crippen molar-refractivity contribution in [1.29, 1.82) is 0 Å². The number of hydrogen-bond donors (Lipinski definition) is 6. The van der Waals surface area contributed by atoms with Crippen LogP contribution in [0.15, 0.2) is 11.0 Å². The van der Waals surface area contributed by atoms with Crippen LogP contribution in [0.4, 0.5) is 14.7 Å². The van der Waals surface area contributed by atoms with Crippen molar-refractivity contribution in [3.05, 3.63) is 22.1 Å². The van der Waals surface area contributed by atoms with Gasteiger partial charge in [-0.1, -0.05) is 0 Å². The standard InChI is InChI=1S/C10H14F2N5O4P/c11-10(12,22(19,20)21)1-2-14-3-5-4-15-7-6(5)16-9(13)17-8(7)18/h4,14-15H,1-3H2,(H2,19,20,21)(H3,13,16,17,18). The van der Waals surface area contributed by atoms with Crippen LogP contribution in [0.2, 0.25) is 0 Å². The summed E-state index contributed by atoms with van der Waals surface area (Å²) in [6.45, 7) is -0.253. The minimum atomic E-state index is -5.47. The van der Waals surface area contributed by atoms with Crippen LogP contribution in [0, 0.1) is 0 Å². The molecule has 7 N–H and O–H groups in total. The molecule has 0 spiro atoms. The molecule has 0 fully saturated rings. The molecule has 22 heavy (non-hydrogen) atoms. The number of fused-ring (bicyclic) bond motifs is 1. The Balaban J connectivity index is 2.02. The van der Waals surface area contributed by atoms with Crippen LogP contribution in [0.25, 0.3) is 11.0 Å². The van der Waals surface area contributed by atoms with E-state index in [0.717, 1.165) is 0 Å². The molecule has 0 unspecified atom stereocenters. The number of nitrogen functional groups attached to an aromatic ring is 1. The average molecular weight is 337 g/mol. The van der Waals surface area contributed by atoms with Crippen LogP contribution < -0.4 is 16.6 Å². The Labute approximate surface area is 122 Å². The lowest BCUT2D eigenvalue weighted by molar-refractivity contribution is 0.0505. The second-order valence-corrected chi connectivity index (χ2v) is 6.37. The molecule has 0 saturated heterocycles. The van der Waals surface area contributed by atoms with Gasteiger partial charge in [0.05, 0.1) is 0 Å². The van der Waals surface area contributed by atoms with Gasteiger partial charge >= 0.3 is 13.3 Å². The maximum Gasteiger partial charge on any atom is 0.394 e. The van der Waals surface area contributed by atoms with E-state index in [1.807, 2.05) is 0 Å². The number of H-pyrrole nitrogens is 2. The Bertz CT molecular complexity index is 783. The quantitative estimate of drug-likeness (QED) is 0.322. The highest BCUT2D eigenvalue weighted by atomic mass is 31.2. The van der Waals surface area contributed by atoms with Crippen molar-refractivity contribution < 1.29 is 23.1 Å². The van der Waals surface area contributed by atoms with Crippen LogP contribution >= 0.6 is 7.60 Å². The summed E-state index contributed by atoms with van der Waals surface area (Å²) in [5.41, 5.74) is 1.91. The monoisotopic (exact) mass is 337 g/mol. The SMILES string of the molecule is Nc1nc2c(CNCCC(F)(F)P(=O)(O)O)c[nH]c2c(=O)[nH]1. The minimum Gasteiger partial charge on any atom is -0.369 e. The molecule has 0 aliphatic carbocycles. The number of nitrogens with zero attached hydrogens (tertiary/aromatic N) is 1. The predicted octanol–water partition coefficient (Wildman–Crippen LogP) is 0.0836. The van der Waals surface area contributed by atoms with Crippen LogP contribution in [0.1, 0.15) is 12.0 Å². The number of alkyl halides is 2. The van der Waals surface area contributed by atoms with E-state index >= 15 is 0 Å². The predicted molar refractivity (Wildman–Crippen MR) is 74.4 cm³/mol. The fourth-order valence-electron chi connectivity index (χ4n) is 1.83. The third kappa shape index (κ3) is 3.33. The number of rotatable bonds is 6. The Morgan fingerprint density at radius 1 is 1.45 bits per heavy atom. The number of anilines is 1. The third-order valence-corrected chi connectivity index (χ3v) is 4.05. The molecule has 12 heteroatoms. The molecular formula is C10H14F2N5O4P. The van der Waals surface area contributed by atoms with Crippen molar-refractivity contribution in [2.75, 3.05) is 12.3 Å². The first kappa shape index (κ1) is 16.6. The van der Waals surface area contributed by atoms with E-state index in [1.165, 1.54) is 6.20 Å². The van der Waals surface area contributed by atoms with E-state index in [0.29, 0.717) is 11.1 Å². The lowest BCUT2D eigenvalue weighted by Gasteiger charge is -2.17. The molecule has 0 aromatic carbocycles. The van der Waals surface area contributed by atoms with E-state index in [9.17, 15) is 18.1 Å². The molecule has 0 saturated carbocycles. The molecule has 0 bridgehead atoms. The van der Waals surface area contributed by atoms with Crippen LogP contribution in [0.3, 0.4) is 0 Å². The van der Waals surface area contributed by atoms with E-state index in [2.05, 4.69) is 20.3 Å². The Morgan fingerprint density at radius 3 is 2.77 bits per heavy atom. The van der Waals surface area contributed by atoms with Gasteiger partial charge in [0.2, 0.25) is 5.95 Å². The van der Waals surface area contributed by atoms with Gasteiger partial charge < -0.3 is 25.8 Å². The van der Waals surface area contributed by atoms with Crippen molar-refractivity contribution in [3.8, 4) is 0 Å². The lowest BCUT2D eigenvalue weighted by atomic mass is 10.3. The number of halogens is 2. The fourth-order valence-corrected chi connectivity index (χ4v) is 2.23. The average Bonchev–Trinajstić information content (AvgIpc) is 2.76. The molecule has 0 radical (unpaired) electrons. The smallest absolute Gasteiger partial charge is 0.369 e. The summed E-state index contributed by atoms with van der Waals surface area (Å²) < 4.78 is 36.7. The van der Waals surface area contributed by atoms with Crippen molar-refractivity contribution >= 4 is 24.6 Å². The van der Waals surface area contributed by atoms with Crippen molar-refractivity contribution in [2.24, 2.45) is 0 Å². The zero-order valence-corrected chi connectivity index (χ0v) is 12.0. The summed E-state index contributed by atoms with van der Waals surface area (Å²) >= 11 is 0. The molecule has 2 rings (SSSR count). The summed E-state index contributed by atoms with van der Waals surface area (Å²) in [6.07, 6.45) is 0.455. The van der Waals surface area contributed by atoms with Crippen LogP contribution in [-0.2, 0) is 11.1 Å². The van der Waals surface area contributed by atoms with E-state index in [1.54, 1.807) is 0 Å². The highest BCUT2D eigenvalue weighted by Gasteiger charge is 2.47. The summed E-state index contributed by atoms with van der Waals surface area (Å²) in [7, 11) is -5.47. The molecule has 2 aromatic rings. The van der Waals surface area contributed by atoms with Crippen molar-refractivity contribution in [3.63, 3.8) is 0 Å². The molecule has 0 aliphatic heterocycles. The molecule has 2 aromatic heterocycles.